The Kier molecular flexibility index (Phi) is 7.42. The van der Waals surface area contributed by atoms with Crippen LogP contribution in [0.1, 0.15) is 32.2 Å². The van der Waals surface area contributed by atoms with Crippen molar-refractivity contribution in [2.45, 2.75) is 26.2 Å². The Labute approximate surface area is 206 Å². The minimum Gasteiger partial charge on any atom is -0.479 e. The van der Waals surface area contributed by atoms with Crippen molar-refractivity contribution in [1.82, 2.24) is 9.66 Å². The topological polar surface area (TPSA) is 82.8 Å². The summed E-state index contributed by atoms with van der Waals surface area (Å²) >= 11 is 13.1. The van der Waals surface area contributed by atoms with Crippen molar-refractivity contribution in [2.75, 3.05) is 13.7 Å². The van der Waals surface area contributed by atoms with Gasteiger partial charge in [-0.05, 0) is 51.8 Å². The Bertz CT molecular complexity index is 1260. The van der Waals surface area contributed by atoms with Gasteiger partial charge >= 0.3 is 5.97 Å². The lowest BCUT2D eigenvalue weighted by Crippen LogP contribution is -2.29. The summed E-state index contributed by atoms with van der Waals surface area (Å²) in [5.41, 5.74) is 0.517. The number of carbonyl (C=O) groups excluding carboxylic acids is 1. The Hall–Kier alpha value is -2.23. The first kappa shape index (κ1) is 24.4. The third-order valence-electron chi connectivity index (χ3n) is 4.38. The molecule has 0 spiro atoms. The van der Waals surface area contributed by atoms with Gasteiger partial charge in [0.2, 0.25) is 0 Å². The average molecular weight is 586 g/mol. The molecule has 1 aromatic heterocycles. The molecule has 0 unspecified atom stereocenters. The molecule has 0 aliphatic carbocycles. The molecule has 2 aromatic carbocycles. The van der Waals surface area contributed by atoms with Gasteiger partial charge in [-0.25, -0.2) is 9.78 Å². The van der Waals surface area contributed by atoms with E-state index < -0.39 is 11.4 Å². The summed E-state index contributed by atoms with van der Waals surface area (Å²) in [7, 11) is 1.27. The van der Waals surface area contributed by atoms with Gasteiger partial charge < -0.3 is 9.47 Å². The van der Waals surface area contributed by atoms with Crippen LogP contribution in [0.2, 0.25) is 5.02 Å². The van der Waals surface area contributed by atoms with Gasteiger partial charge in [-0.2, -0.15) is 9.78 Å². The summed E-state index contributed by atoms with van der Waals surface area (Å²) in [6.07, 6.45) is 1.52. The van der Waals surface area contributed by atoms with E-state index in [1.165, 1.54) is 18.0 Å². The second-order valence-electron chi connectivity index (χ2n) is 7.89. The maximum Gasteiger partial charge on any atom is 0.343 e. The van der Waals surface area contributed by atoms with Gasteiger partial charge in [-0.15, -0.1) is 0 Å². The van der Waals surface area contributed by atoms with Crippen LogP contribution in [0, 0.1) is 0 Å². The number of carbonyl (C=O) groups is 1. The molecule has 10 heteroatoms. The van der Waals surface area contributed by atoms with Crippen molar-refractivity contribution in [2.24, 2.45) is 5.10 Å². The van der Waals surface area contributed by atoms with Crippen molar-refractivity contribution >= 4 is 66.5 Å². The fraction of sp³-hybridized carbons (Fsp3) is 0.273. The monoisotopic (exact) mass is 583 g/mol. The molecule has 0 bridgehead atoms. The number of nitrogens with zero attached hydrogens (tertiary/aromatic N) is 3. The van der Waals surface area contributed by atoms with Gasteiger partial charge in [0.15, 0.2) is 12.4 Å². The lowest BCUT2D eigenvalue weighted by atomic mass is 9.95. The number of hydrogen-bond acceptors (Lipinski definition) is 6. The molecule has 0 N–H and O–H groups in total. The summed E-state index contributed by atoms with van der Waals surface area (Å²) in [6, 6.07) is 8.71. The summed E-state index contributed by atoms with van der Waals surface area (Å²) in [5.74, 6) is 0.305. The van der Waals surface area contributed by atoms with Crippen molar-refractivity contribution < 1.29 is 14.3 Å². The highest BCUT2D eigenvalue weighted by Gasteiger charge is 2.23. The van der Waals surface area contributed by atoms with Crippen LogP contribution in [0.25, 0.3) is 10.9 Å². The first-order valence-electron chi connectivity index (χ1n) is 9.47. The Morgan fingerprint density at radius 1 is 1.25 bits per heavy atom. The van der Waals surface area contributed by atoms with Crippen LogP contribution in [0.4, 0.5) is 0 Å². The van der Waals surface area contributed by atoms with E-state index in [2.05, 4.69) is 46.7 Å². The third-order valence-corrected chi connectivity index (χ3v) is 5.75. The molecule has 0 radical (unpaired) electrons. The number of fused-ring (bicyclic) bond motifs is 1. The first-order valence-corrected chi connectivity index (χ1v) is 11.4. The zero-order valence-electron chi connectivity index (χ0n) is 17.8. The normalized spacial score (nSPS) is 11.8. The van der Waals surface area contributed by atoms with Crippen molar-refractivity contribution in [3.63, 3.8) is 0 Å². The molecule has 0 atom stereocenters. The number of aromatic nitrogens is 2. The summed E-state index contributed by atoms with van der Waals surface area (Å²) in [6.45, 7) is 5.62. The molecule has 7 nitrogen and oxygen atoms in total. The minimum absolute atomic E-state index is 0.272. The number of benzene rings is 2. The number of rotatable bonds is 5. The maximum absolute atomic E-state index is 13.2. The van der Waals surface area contributed by atoms with Gasteiger partial charge in [0.05, 0.1) is 33.7 Å². The molecule has 168 valence electrons. The number of halogens is 3. The van der Waals surface area contributed by atoms with E-state index in [0.29, 0.717) is 32.5 Å². The summed E-state index contributed by atoms with van der Waals surface area (Å²) in [4.78, 5) is 29.2. The molecule has 32 heavy (non-hydrogen) atoms. The van der Waals surface area contributed by atoms with E-state index >= 15 is 0 Å². The molecular weight excluding hydrogens is 566 g/mol. The van der Waals surface area contributed by atoms with E-state index in [4.69, 9.17) is 16.3 Å². The van der Waals surface area contributed by atoms with E-state index in [1.807, 2.05) is 26.8 Å². The number of esters is 1. The van der Waals surface area contributed by atoms with Gasteiger partial charge in [-0.3, -0.25) is 4.79 Å². The lowest BCUT2D eigenvalue weighted by molar-refractivity contribution is -0.142. The minimum atomic E-state index is -0.525. The summed E-state index contributed by atoms with van der Waals surface area (Å²) in [5, 5.41) is 5.15. The Morgan fingerprint density at radius 2 is 1.97 bits per heavy atom. The fourth-order valence-electron chi connectivity index (χ4n) is 2.85. The molecule has 3 aromatic rings. The fourth-order valence-corrected chi connectivity index (χ4v) is 4.20. The zero-order valence-corrected chi connectivity index (χ0v) is 21.7. The second-order valence-corrected chi connectivity index (χ2v) is 10.1. The van der Waals surface area contributed by atoms with Gasteiger partial charge in [0, 0.05) is 9.89 Å². The second kappa shape index (κ2) is 9.72. The van der Waals surface area contributed by atoms with Crippen LogP contribution in [0.3, 0.4) is 0 Å². The SMILES string of the molecule is COC(=O)COc1c(Cl)cc(C=Nn2c(C(C)(C)C)nc3ccc(Br)cc3c2=O)cc1Br. The molecule has 0 amide bonds. The van der Waals surface area contributed by atoms with E-state index in [1.54, 1.807) is 24.3 Å². The first-order chi connectivity index (χ1) is 15.0. The lowest BCUT2D eigenvalue weighted by Gasteiger charge is -2.20. The van der Waals surface area contributed by atoms with E-state index in [9.17, 15) is 9.59 Å². The molecule has 3 rings (SSSR count). The zero-order chi connectivity index (χ0) is 23.6. The maximum atomic E-state index is 13.2. The average Bonchev–Trinajstić information content (AvgIpc) is 2.71. The van der Waals surface area contributed by atoms with E-state index in [0.717, 1.165) is 4.47 Å². The van der Waals surface area contributed by atoms with Crippen molar-refractivity contribution in [3.05, 3.63) is 66.0 Å². The largest absolute Gasteiger partial charge is 0.479 e. The van der Waals surface area contributed by atoms with Crippen LogP contribution < -0.4 is 10.3 Å². The number of methoxy groups -OCH3 is 1. The third kappa shape index (κ3) is 5.39. The molecule has 0 fully saturated rings. The van der Waals surface area contributed by atoms with Crippen LogP contribution >= 0.6 is 43.5 Å². The molecule has 0 aliphatic rings. The van der Waals surface area contributed by atoms with Crippen LogP contribution in [-0.4, -0.2) is 35.6 Å². The van der Waals surface area contributed by atoms with Gasteiger partial charge in [0.1, 0.15) is 5.82 Å². The highest BCUT2D eigenvalue weighted by Crippen LogP contribution is 2.34. The van der Waals surface area contributed by atoms with Crippen LogP contribution in [0.15, 0.2) is 49.2 Å². The smallest absolute Gasteiger partial charge is 0.343 e. The molecule has 0 saturated heterocycles. The highest BCUT2D eigenvalue weighted by molar-refractivity contribution is 9.10. The Morgan fingerprint density at radius 3 is 2.59 bits per heavy atom. The quantitative estimate of drug-likeness (QED) is 0.300. The summed E-state index contributed by atoms with van der Waals surface area (Å²) < 4.78 is 12.6. The van der Waals surface area contributed by atoms with Gasteiger partial charge in [0.25, 0.3) is 5.56 Å². The highest BCUT2D eigenvalue weighted by atomic mass is 79.9. The van der Waals surface area contributed by atoms with Gasteiger partial charge in [-0.1, -0.05) is 48.3 Å². The molecule has 1 heterocycles. The van der Waals surface area contributed by atoms with Crippen LogP contribution in [0.5, 0.6) is 5.75 Å². The van der Waals surface area contributed by atoms with Crippen LogP contribution in [-0.2, 0) is 14.9 Å². The molecule has 0 saturated carbocycles. The predicted molar refractivity (Wildman–Crippen MR) is 132 cm³/mol. The number of ether oxygens (including phenoxy) is 2. The standard InChI is InChI=1S/C22H20Br2ClN3O4/c1-22(2,3)21-27-17-6-5-13(23)9-14(17)20(30)28(21)26-10-12-7-15(24)19(16(25)8-12)32-11-18(29)31-4/h5-10H,11H2,1-4H3. The Balaban J connectivity index is 2.05. The number of hydrogen-bond donors (Lipinski definition) is 0. The van der Waals surface area contributed by atoms with E-state index in [-0.39, 0.29) is 17.2 Å². The molecular formula is C22H20Br2ClN3O4. The molecule has 0 aliphatic heterocycles. The van der Waals surface area contributed by atoms with Crippen molar-refractivity contribution in [3.8, 4) is 5.75 Å². The predicted octanol–water partition coefficient (Wildman–Crippen LogP) is 5.31. The van der Waals surface area contributed by atoms with Crippen molar-refractivity contribution in [1.29, 1.82) is 0 Å².